The first-order valence-electron chi connectivity index (χ1n) is 8.31. The Kier molecular flexibility index (Phi) is 5.11. The maximum Gasteiger partial charge on any atom is 0.573 e. The Hall–Kier alpha value is -1.27. The van der Waals surface area contributed by atoms with E-state index < -0.39 is 6.36 Å². The monoisotopic (exact) mass is 328 g/mol. The zero-order valence-electron chi connectivity index (χ0n) is 13.2. The van der Waals surface area contributed by atoms with Crippen LogP contribution < -0.4 is 4.74 Å². The van der Waals surface area contributed by atoms with E-state index >= 15 is 0 Å². The third kappa shape index (κ3) is 4.85. The second-order valence-corrected chi connectivity index (χ2v) is 6.44. The Balaban J connectivity index is 1.46. The van der Waals surface area contributed by atoms with E-state index in [1.165, 1.54) is 37.8 Å². The molecule has 0 N–H and O–H groups in total. The van der Waals surface area contributed by atoms with Crippen LogP contribution >= 0.6 is 0 Å². The number of piperazine rings is 1. The molecule has 1 saturated heterocycles. The van der Waals surface area contributed by atoms with Crippen molar-refractivity contribution in [3.8, 4) is 5.75 Å². The average molecular weight is 328 g/mol. The molecule has 128 valence electrons. The van der Waals surface area contributed by atoms with Gasteiger partial charge in [-0.15, -0.1) is 13.2 Å². The van der Waals surface area contributed by atoms with Gasteiger partial charge in [-0.25, -0.2) is 0 Å². The van der Waals surface area contributed by atoms with Crippen LogP contribution in [0.1, 0.15) is 31.2 Å². The van der Waals surface area contributed by atoms with Crippen LogP contribution in [0.4, 0.5) is 13.2 Å². The lowest BCUT2D eigenvalue weighted by atomic mass is 10.1. The van der Waals surface area contributed by atoms with Crippen LogP contribution in [0, 0.1) is 0 Å². The van der Waals surface area contributed by atoms with Crippen molar-refractivity contribution in [1.82, 2.24) is 9.80 Å². The molecule has 3 nitrogen and oxygen atoms in total. The minimum absolute atomic E-state index is 0.160. The smallest absolute Gasteiger partial charge is 0.406 e. The maximum atomic E-state index is 12.1. The number of benzene rings is 1. The van der Waals surface area contributed by atoms with Gasteiger partial charge < -0.3 is 4.74 Å². The molecule has 3 rings (SSSR count). The lowest BCUT2D eigenvalue weighted by Crippen LogP contribution is -2.49. The molecule has 1 aromatic carbocycles. The molecule has 23 heavy (non-hydrogen) atoms. The molecule has 1 aliphatic heterocycles. The van der Waals surface area contributed by atoms with E-state index in [2.05, 4.69) is 14.5 Å². The second-order valence-electron chi connectivity index (χ2n) is 6.44. The molecular weight excluding hydrogens is 305 g/mol. The Morgan fingerprint density at radius 2 is 1.57 bits per heavy atom. The molecule has 0 unspecified atom stereocenters. The van der Waals surface area contributed by atoms with E-state index in [9.17, 15) is 13.2 Å². The Morgan fingerprint density at radius 1 is 0.957 bits per heavy atom. The van der Waals surface area contributed by atoms with Crippen LogP contribution in [0.15, 0.2) is 24.3 Å². The largest absolute Gasteiger partial charge is 0.573 e. The van der Waals surface area contributed by atoms with Crippen LogP contribution in [0.25, 0.3) is 0 Å². The third-order valence-electron chi connectivity index (χ3n) is 4.81. The first-order valence-corrected chi connectivity index (χ1v) is 8.31. The average Bonchev–Trinajstić information content (AvgIpc) is 3.03. The molecule has 0 amide bonds. The van der Waals surface area contributed by atoms with Gasteiger partial charge in [0.05, 0.1) is 0 Å². The number of hydrogen-bond acceptors (Lipinski definition) is 3. The highest BCUT2D eigenvalue weighted by Crippen LogP contribution is 2.25. The summed E-state index contributed by atoms with van der Waals surface area (Å²) in [4.78, 5) is 4.97. The van der Waals surface area contributed by atoms with Crippen LogP contribution in [0.5, 0.6) is 5.75 Å². The summed E-state index contributed by atoms with van der Waals surface area (Å²) in [6.07, 6.45) is 0.758. The third-order valence-corrected chi connectivity index (χ3v) is 4.81. The number of nitrogens with zero attached hydrogens (tertiary/aromatic N) is 2. The van der Waals surface area contributed by atoms with Crippen molar-refractivity contribution in [3.05, 3.63) is 29.8 Å². The molecule has 1 saturated carbocycles. The molecule has 2 fully saturated rings. The first-order chi connectivity index (χ1) is 11.0. The summed E-state index contributed by atoms with van der Waals surface area (Å²) in [7, 11) is 0. The molecule has 0 bridgehead atoms. The number of alkyl halides is 3. The van der Waals surface area contributed by atoms with Gasteiger partial charge in [0.1, 0.15) is 5.75 Å². The van der Waals surface area contributed by atoms with Gasteiger partial charge in [-0.1, -0.05) is 25.0 Å². The SMILES string of the molecule is FC(F)(F)Oc1ccc(CN2CCN(C3CCCC3)CC2)cc1. The Bertz CT molecular complexity index is 490. The fourth-order valence-corrected chi connectivity index (χ4v) is 3.61. The zero-order valence-corrected chi connectivity index (χ0v) is 13.2. The number of ether oxygens (including phenoxy) is 1. The number of hydrogen-bond donors (Lipinski definition) is 0. The van der Waals surface area contributed by atoms with E-state index in [0.29, 0.717) is 0 Å². The fraction of sp³-hybridized carbons (Fsp3) is 0.647. The van der Waals surface area contributed by atoms with Crippen molar-refractivity contribution in [2.45, 2.75) is 44.6 Å². The highest BCUT2D eigenvalue weighted by Gasteiger charge is 2.31. The highest BCUT2D eigenvalue weighted by molar-refractivity contribution is 5.27. The summed E-state index contributed by atoms with van der Waals surface area (Å²) in [5, 5.41) is 0. The topological polar surface area (TPSA) is 15.7 Å². The van der Waals surface area contributed by atoms with E-state index in [4.69, 9.17) is 0 Å². The van der Waals surface area contributed by atoms with Crippen molar-refractivity contribution in [1.29, 1.82) is 0 Å². The Labute approximate surface area is 135 Å². The summed E-state index contributed by atoms with van der Waals surface area (Å²) >= 11 is 0. The van der Waals surface area contributed by atoms with Crippen molar-refractivity contribution < 1.29 is 17.9 Å². The predicted molar refractivity (Wildman–Crippen MR) is 82.2 cm³/mol. The van der Waals surface area contributed by atoms with Gasteiger partial charge in [-0.2, -0.15) is 0 Å². The predicted octanol–water partition coefficient (Wildman–Crippen LogP) is 3.65. The van der Waals surface area contributed by atoms with Gasteiger partial charge in [0.15, 0.2) is 0 Å². The van der Waals surface area contributed by atoms with E-state index in [0.717, 1.165) is 44.3 Å². The van der Waals surface area contributed by atoms with E-state index in [1.807, 2.05) is 0 Å². The van der Waals surface area contributed by atoms with Crippen molar-refractivity contribution >= 4 is 0 Å². The zero-order chi connectivity index (χ0) is 16.3. The van der Waals surface area contributed by atoms with Gasteiger partial charge in [-0.05, 0) is 30.5 Å². The molecule has 1 heterocycles. The standard InChI is InChI=1S/C17H23F3N2O/c18-17(19,20)23-16-7-5-14(6-8-16)13-21-9-11-22(12-10-21)15-3-1-2-4-15/h5-8,15H,1-4,9-13H2. The van der Waals surface area contributed by atoms with Crippen molar-refractivity contribution in [2.24, 2.45) is 0 Å². The van der Waals surface area contributed by atoms with Crippen LogP contribution in [-0.4, -0.2) is 48.4 Å². The molecule has 0 spiro atoms. The number of rotatable bonds is 4. The summed E-state index contributed by atoms with van der Waals surface area (Å²) < 4.78 is 40.3. The Morgan fingerprint density at radius 3 is 2.13 bits per heavy atom. The van der Waals surface area contributed by atoms with E-state index in [1.54, 1.807) is 12.1 Å². The summed E-state index contributed by atoms with van der Waals surface area (Å²) in [5.74, 6) is -0.160. The fourth-order valence-electron chi connectivity index (χ4n) is 3.61. The van der Waals surface area contributed by atoms with Gasteiger partial charge in [0, 0.05) is 38.8 Å². The molecule has 1 aromatic rings. The minimum Gasteiger partial charge on any atom is -0.406 e. The first kappa shape index (κ1) is 16.6. The molecular formula is C17H23F3N2O. The van der Waals surface area contributed by atoms with Crippen LogP contribution in [-0.2, 0) is 6.54 Å². The lowest BCUT2D eigenvalue weighted by molar-refractivity contribution is -0.274. The lowest BCUT2D eigenvalue weighted by Gasteiger charge is -2.38. The molecule has 2 aliphatic rings. The molecule has 1 aliphatic carbocycles. The van der Waals surface area contributed by atoms with Gasteiger partial charge >= 0.3 is 6.36 Å². The quantitative estimate of drug-likeness (QED) is 0.839. The van der Waals surface area contributed by atoms with Crippen molar-refractivity contribution in [2.75, 3.05) is 26.2 Å². The van der Waals surface area contributed by atoms with Gasteiger partial charge in [-0.3, -0.25) is 9.80 Å². The maximum absolute atomic E-state index is 12.1. The summed E-state index contributed by atoms with van der Waals surface area (Å²) in [6, 6.07) is 6.97. The van der Waals surface area contributed by atoms with Gasteiger partial charge in [0.25, 0.3) is 0 Å². The van der Waals surface area contributed by atoms with E-state index in [-0.39, 0.29) is 5.75 Å². The van der Waals surface area contributed by atoms with Gasteiger partial charge in [0.2, 0.25) is 0 Å². The second kappa shape index (κ2) is 7.09. The minimum atomic E-state index is -4.63. The molecule has 0 aromatic heterocycles. The summed E-state index contributed by atoms with van der Waals surface area (Å²) in [5.41, 5.74) is 1.02. The van der Waals surface area contributed by atoms with Crippen LogP contribution in [0.2, 0.25) is 0 Å². The van der Waals surface area contributed by atoms with Crippen LogP contribution in [0.3, 0.4) is 0 Å². The molecule has 6 heteroatoms. The normalized spacial score (nSPS) is 21.7. The molecule has 0 radical (unpaired) electrons. The highest BCUT2D eigenvalue weighted by atomic mass is 19.4. The van der Waals surface area contributed by atoms with Crippen molar-refractivity contribution in [3.63, 3.8) is 0 Å². The number of halogens is 3. The summed E-state index contributed by atoms with van der Waals surface area (Å²) in [6.45, 7) is 5.03. The molecule has 0 atom stereocenters.